The van der Waals surface area contributed by atoms with Gasteiger partial charge < -0.3 is 13.6 Å². The van der Waals surface area contributed by atoms with Crippen molar-refractivity contribution in [3.8, 4) is 56.7 Å². The fourth-order valence-electron chi connectivity index (χ4n) is 10.3. The lowest BCUT2D eigenvalue weighted by atomic mass is 10.0. The monoisotopic (exact) mass is 855 g/mol. The molecule has 0 saturated heterocycles. The van der Waals surface area contributed by atoms with Crippen molar-refractivity contribution >= 4 is 76.3 Å². The molecule has 0 aliphatic carbocycles. The summed E-state index contributed by atoms with van der Waals surface area (Å²) in [6.07, 6.45) is 0. The maximum Gasteiger partial charge on any atom is 0.166 e. The van der Waals surface area contributed by atoms with Gasteiger partial charge >= 0.3 is 0 Å². The third-order valence-corrected chi connectivity index (χ3v) is 13.3. The average molecular weight is 856 g/mol. The highest BCUT2D eigenvalue weighted by Gasteiger charge is 2.24. The van der Waals surface area contributed by atoms with Crippen molar-refractivity contribution in [1.82, 2.24) is 24.1 Å². The van der Waals surface area contributed by atoms with Crippen LogP contribution in [0.5, 0.6) is 0 Å². The van der Waals surface area contributed by atoms with E-state index in [1.54, 1.807) is 0 Å². The standard InChI is InChI=1S/C61H37N5O/c1-3-17-38(18-4-1)39-21-15-22-42(33-39)59-62-60(49-29-16-28-47-45-25-9-13-31-53(45)66(58(47)49)43-23-5-2-6-24-43)64-61(63-59)51-36-44(37-56-57(51)48-27-11-14-32-55(48)67-56)65-52-30-12-10-26-46(52)50-34-40-19-7-8-20-41(40)35-54(50)65/h1-37H. The predicted octanol–water partition coefficient (Wildman–Crippen LogP) is 15.8. The van der Waals surface area contributed by atoms with Gasteiger partial charge in [-0.15, -0.1) is 0 Å². The molecule has 0 aliphatic rings. The van der Waals surface area contributed by atoms with Crippen LogP contribution < -0.4 is 0 Å². The summed E-state index contributed by atoms with van der Waals surface area (Å²) in [7, 11) is 0. The molecule has 6 heteroatoms. The lowest BCUT2D eigenvalue weighted by Crippen LogP contribution is -2.03. The number of fused-ring (bicyclic) bond motifs is 10. The summed E-state index contributed by atoms with van der Waals surface area (Å²) in [5, 5.41) is 8.97. The van der Waals surface area contributed by atoms with Crippen LogP contribution in [0.4, 0.5) is 0 Å². The highest BCUT2D eigenvalue weighted by Crippen LogP contribution is 2.43. The molecule has 67 heavy (non-hydrogen) atoms. The molecule has 4 heterocycles. The van der Waals surface area contributed by atoms with E-state index >= 15 is 0 Å². The smallest absolute Gasteiger partial charge is 0.166 e. The zero-order valence-corrected chi connectivity index (χ0v) is 36.0. The number of furan rings is 1. The van der Waals surface area contributed by atoms with Crippen LogP contribution >= 0.6 is 0 Å². The van der Waals surface area contributed by atoms with Gasteiger partial charge in [-0.2, -0.15) is 0 Å². The van der Waals surface area contributed by atoms with E-state index in [4.69, 9.17) is 19.4 Å². The lowest BCUT2D eigenvalue weighted by molar-refractivity contribution is 0.668. The molecule has 14 aromatic rings. The number of hydrogen-bond acceptors (Lipinski definition) is 4. The number of nitrogens with zero attached hydrogens (tertiary/aromatic N) is 5. The first kappa shape index (κ1) is 37.3. The summed E-state index contributed by atoms with van der Waals surface area (Å²) >= 11 is 0. The Balaban J connectivity index is 1.09. The normalized spacial score (nSPS) is 11.9. The topological polar surface area (TPSA) is 61.7 Å². The molecule has 0 radical (unpaired) electrons. The maximum absolute atomic E-state index is 6.81. The van der Waals surface area contributed by atoms with Crippen molar-refractivity contribution < 1.29 is 4.42 Å². The molecule has 4 aromatic heterocycles. The average Bonchev–Trinajstić information content (AvgIpc) is 4.05. The quantitative estimate of drug-likeness (QED) is 0.167. The lowest BCUT2D eigenvalue weighted by Gasteiger charge is -2.14. The predicted molar refractivity (Wildman–Crippen MR) is 275 cm³/mol. The second-order valence-corrected chi connectivity index (χ2v) is 17.2. The SMILES string of the molecule is c1ccc(-c2cccc(-c3nc(-c4cc(-n5c6ccccc6c6cc7ccccc7cc65)cc5oc6ccccc6c45)nc(-c4cccc5c6ccccc6n(-c6ccccc6)c45)n3)c2)cc1. The molecule has 0 aliphatic heterocycles. The van der Waals surface area contributed by atoms with E-state index in [9.17, 15) is 0 Å². The van der Waals surface area contributed by atoms with Crippen molar-refractivity contribution in [3.05, 3.63) is 224 Å². The molecule has 6 nitrogen and oxygen atoms in total. The van der Waals surface area contributed by atoms with Gasteiger partial charge in [-0.25, -0.2) is 15.0 Å². The Hall–Kier alpha value is -9.13. The Morgan fingerprint density at radius 1 is 0.313 bits per heavy atom. The highest BCUT2D eigenvalue weighted by atomic mass is 16.3. The first-order valence-electron chi connectivity index (χ1n) is 22.6. The highest BCUT2D eigenvalue weighted by molar-refractivity contribution is 6.17. The van der Waals surface area contributed by atoms with E-state index in [0.717, 1.165) is 94.0 Å². The largest absolute Gasteiger partial charge is 0.456 e. The van der Waals surface area contributed by atoms with E-state index in [1.165, 1.54) is 21.5 Å². The van der Waals surface area contributed by atoms with Crippen LogP contribution in [-0.4, -0.2) is 24.1 Å². The van der Waals surface area contributed by atoms with Gasteiger partial charge in [-0.3, -0.25) is 0 Å². The Kier molecular flexibility index (Phi) is 8.18. The summed E-state index contributed by atoms with van der Waals surface area (Å²) < 4.78 is 11.5. The number of hydrogen-bond donors (Lipinski definition) is 0. The van der Waals surface area contributed by atoms with Crippen molar-refractivity contribution in [3.63, 3.8) is 0 Å². The molecule has 0 amide bonds. The second kappa shape index (κ2) is 14.7. The minimum atomic E-state index is 0.550. The minimum Gasteiger partial charge on any atom is -0.456 e. The molecule has 0 spiro atoms. The maximum atomic E-state index is 6.81. The van der Waals surface area contributed by atoms with E-state index in [0.29, 0.717) is 17.5 Å². The van der Waals surface area contributed by atoms with E-state index in [1.807, 2.05) is 18.2 Å². The third-order valence-electron chi connectivity index (χ3n) is 13.3. The zero-order chi connectivity index (χ0) is 44.0. The van der Waals surface area contributed by atoms with Crippen LogP contribution in [0, 0.1) is 0 Å². The Morgan fingerprint density at radius 2 is 0.896 bits per heavy atom. The van der Waals surface area contributed by atoms with E-state index < -0.39 is 0 Å². The fraction of sp³-hybridized carbons (Fsp3) is 0. The van der Waals surface area contributed by atoms with Crippen molar-refractivity contribution in [2.24, 2.45) is 0 Å². The molecule has 0 unspecified atom stereocenters. The molecule has 0 bridgehead atoms. The molecule has 0 atom stereocenters. The molecule has 0 saturated carbocycles. The van der Waals surface area contributed by atoms with Gasteiger partial charge in [-0.05, 0) is 82.6 Å². The van der Waals surface area contributed by atoms with Crippen LogP contribution in [0.2, 0.25) is 0 Å². The molecule has 0 N–H and O–H groups in total. The molecular formula is C61H37N5O. The molecular weight excluding hydrogens is 819 g/mol. The number of rotatable bonds is 6. The fourth-order valence-corrected chi connectivity index (χ4v) is 10.3. The van der Waals surface area contributed by atoms with Crippen LogP contribution in [-0.2, 0) is 0 Å². The Labute approximate surface area is 384 Å². The molecule has 14 rings (SSSR count). The second-order valence-electron chi connectivity index (χ2n) is 17.2. The summed E-state index contributed by atoms with van der Waals surface area (Å²) in [6.45, 7) is 0. The first-order valence-corrected chi connectivity index (χ1v) is 22.6. The summed E-state index contributed by atoms with van der Waals surface area (Å²) in [4.78, 5) is 16.5. The molecule has 0 fully saturated rings. The molecule has 312 valence electrons. The summed E-state index contributed by atoms with van der Waals surface area (Å²) in [5.74, 6) is 1.70. The van der Waals surface area contributed by atoms with Crippen LogP contribution in [0.1, 0.15) is 0 Å². The first-order chi connectivity index (χ1) is 33.2. The number of para-hydroxylation sites is 5. The molecule has 10 aromatic carbocycles. The van der Waals surface area contributed by atoms with Crippen molar-refractivity contribution in [2.45, 2.75) is 0 Å². The van der Waals surface area contributed by atoms with Crippen LogP contribution in [0.15, 0.2) is 229 Å². The van der Waals surface area contributed by atoms with Gasteiger partial charge in [0.25, 0.3) is 0 Å². The number of aromatic nitrogens is 5. The Morgan fingerprint density at radius 3 is 1.70 bits per heavy atom. The van der Waals surface area contributed by atoms with Gasteiger partial charge in [0.2, 0.25) is 0 Å². The minimum absolute atomic E-state index is 0.550. The van der Waals surface area contributed by atoms with E-state index in [2.05, 4.69) is 215 Å². The van der Waals surface area contributed by atoms with E-state index in [-0.39, 0.29) is 0 Å². The van der Waals surface area contributed by atoms with Crippen molar-refractivity contribution in [2.75, 3.05) is 0 Å². The van der Waals surface area contributed by atoms with Gasteiger partial charge in [0.05, 0.1) is 27.8 Å². The Bertz CT molecular complexity index is 4280. The van der Waals surface area contributed by atoms with Crippen molar-refractivity contribution in [1.29, 1.82) is 0 Å². The summed E-state index contributed by atoms with van der Waals surface area (Å²) in [6, 6.07) is 79.1. The van der Waals surface area contributed by atoms with Gasteiger partial charge in [0.15, 0.2) is 17.5 Å². The number of benzene rings is 10. The van der Waals surface area contributed by atoms with Gasteiger partial charge in [-0.1, -0.05) is 158 Å². The van der Waals surface area contributed by atoms with Gasteiger partial charge in [0.1, 0.15) is 11.2 Å². The zero-order valence-electron chi connectivity index (χ0n) is 36.0. The summed E-state index contributed by atoms with van der Waals surface area (Å²) in [5.41, 5.74) is 12.7. The van der Waals surface area contributed by atoms with Crippen LogP contribution in [0.3, 0.4) is 0 Å². The van der Waals surface area contributed by atoms with Gasteiger partial charge in [0, 0.05) is 60.8 Å². The van der Waals surface area contributed by atoms with Crippen LogP contribution in [0.25, 0.3) is 133 Å². The third kappa shape index (κ3) is 5.86.